The van der Waals surface area contributed by atoms with E-state index in [1.54, 1.807) is 42.1 Å². The molecule has 0 unspecified atom stereocenters. The van der Waals surface area contributed by atoms with Gasteiger partial charge in [-0.25, -0.2) is 9.78 Å². The molecule has 0 aliphatic carbocycles. The summed E-state index contributed by atoms with van der Waals surface area (Å²) in [5, 5.41) is 0.688. The minimum Gasteiger partial charge on any atom is -0.493 e. The number of likely N-dealkylation sites (N-methyl/N-ethyl adjacent to an activating group) is 1. The second-order valence-corrected chi connectivity index (χ2v) is 7.27. The lowest BCUT2D eigenvalue weighted by molar-refractivity contribution is 0.0793. The van der Waals surface area contributed by atoms with E-state index in [0.29, 0.717) is 36.3 Å². The third kappa shape index (κ3) is 4.36. The Balaban J connectivity index is 1.78. The van der Waals surface area contributed by atoms with Crippen molar-refractivity contribution in [3.8, 4) is 5.75 Å². The number of hydrogen-bond donors (Lipinski definition) is 0. The highest BCUT2D eigenvalue weighted by atomic mass is 32.1. The molecular weight excluding hydrogens is 364 g/mol. The fraction of sp³-hybridized carbons (Fsp3) is 0.350. The number of hydrogen-bond acceptors (Lipinski definition) is 6. The Morgan fingerprint density at radius 2 is 2.15 bits per heavy atom. The fourth-order valence-electron chi connectivity index (χ4n) is 2.69. The van der Waals surface area contributed by atoms with Gasteiger partial charge in [0.15, 0.2) is 0 Å². The van der Waals surface area contributed by atoms with Gasteiger partial charge in [0.05, 0.1) is 17.8 Å². The lowest BCUT2D eigenvalue weighted by Gasteiger charge is -2.16. The maximum Gasteiger partial charge on any atom is 0.349 e. The molecule has 27 heavy (non-hydrogen) atoms. The van der Waals surface area contributed by atoms with Gasteiger partial charge in [0, 0.05) is 36.3 Å². The predicted octanol–water partition coefficient (Wildman–Crippen LogP) is 3.66. The number of nitrogens with zero attached hydrogens (tertiary/aromatic N) is 2. The Morgan fingerprint density at radius 3 is 2.85 bits per heavy atom. The van der Waals surface area contributed by atoms with E-state index in [9.17, 15) is 9.59 Å². The molecule has 0 saturated heterocycles. The standard InChI is InChI=1S/C20H22N2O4S/c1-4-9-25-15-6-5-14-10-16(20(24)26-17(14)11-15)19(23)22(3)8-7-18-13(2)21-12-27-18/h5-6,10-12H,4,7-9H2,1-3H3. The molecule has 1 amide bonds. The zero-order valence-electron chi connectivity index (χ0n) is 15.7. The van der Waals surface area contributed by atoms with Crippen molar-refractivity contribution in [1.82, 2.24) is 9.88 Å². The lowest BCUT2D eigenvalue weighted by Crippen LogP contribution is -2.32. The Labute approximate surface area is 161 Å². The number of benzene rings is 1. The highest BCUT2D eigenvalue weighted by molar-refractivity contribution is 7.09. The second-order valence-electron chi connectivity index (χ2n) is 6.33. The molecule has 2 heterocycles. The minimum atomic E-state index is -0.638. The summed E-state index contributed by atoms with van der Waals surface area (Å²) in [5.74, 6) is 0.294. The quantitative estimate of drug-likeness (QED) is 0.580. The molecule has 3 aromatic rings. The van der Waals surface area contributed by atoms with Crippen molar-refractivity contribution < 1.29 is 13.9 Å². The molecule has 1 aromatic carbocycles. The highest BCUT2D eigenvalue weighted by Crippen LogP contribution is 2.21. The fourth-order valence-corrected chi connectivity index (χ4v) is 3.46. The van der Waals surface area contributed by atoms with Gasteiger partial charge in [-0.15, -0.1) is 11.3 Å². The van der Waals surface area contributed by atoms with Crippen LogP contribution in [-0.4, -0.2) is 36.0 Å². The van der Waals surface area contributed by atoms with E-state index >= 15 is 0 Å². The van der Waals surface area contributed by atoms with E-state index in [1.807, 2.05) is 19.9 Å². The van der Waals surface area contributed by atoms with Crippen molar-refractivity contribution in [2.45, 2.75) is 26.7 Å². The normalized spacial score (nSPS) is 10.9. The minimum absolute atomic E-state index is 0.0354. The molecule has 2 aromatic heterocycles. The van der Waals surface area contributed by atoms with Crippen molar-refractivity contribution in [1.29, 1.82) is 0 Å². The molecule has 0 atom stereocenters. The molecule has 0 N–H and O–H groups in total. The van der Waals surface area contributed by atoms with Gasteiger partial charge in [0.2, 0.25) is 0 Å². The average Bonchev–Trinajstić information content (AvgIpc) is 3.08. The van der Waals surface area contributed by atoms with Crippen LogP contribution in [0.25, 0.3) is 11.0 Å². The van der Waals surface area contributed by atoms with Crippen molar-refractivity contribution in [2.24, 2.45) is 0 Å². The number of fused-ring (bicyclic) bond motifs is 1. The molecule has 7 heteroatoms. The van der Waals surface area contributed by atoms with Crippen LogP contribution >= 0.6 is 11.3 Å². The van der Waals surface area contributed by atoms with Crippen LogP contribution < -0.4 is 10.4 Å². The molecular formula is C20H22N2O4S. The first-order valence-corrected chi connectivity index (χ1v) is 9.72. The summed E-state index contributed by atoms with van der Waals surface area (Å²) in [4.78, 5) is 31.9. The largest absolute Gasteiger partial charge is 0.493 e. The van der Waals surface area contributed by atoms with Crippen LogP contribution in [0.15, 0.2) is 39.0 Å². The van der Waals surface area contributed by atoms with Crippen LogP contribution in [0.4, 0.5) is 0 Å². The summed E-state index contributed by atoms with van der Waals surface area (Å²) < 4.78 is 10.9. The molecule has 0 aliphatic heterocycles. The first-order valence-electron chi connectivity index (χ1n) is 8.84. The lowest BCUT2D eigenvalue weighted by atomic mass is 10.1. The Bertz CT molecular complexity index is 1010. The first kappa shape index (κ1) is 19.1. The van der Waals surface area contributed by atoms with Gasteiger partial charge in [-0.3, -0.25) is 4.79 Å². The number of carbonyl (C=O) groups excluding carboxylic acids is 1. The summed E-state index contributed by atoms with van der Waals surface area (Å²) >= 11 is 1.57. The molecule has 0 fully saturated rings. The smallest absolute Gasteiger partial charge is 0.349 e. The highest BCUT2D eigenvalue weighted by Gasteiger charge is 2.18. The number of aromatic nitrogens is 1. The van der Waals surface area contributed by atoms with Crippen molar-refractivity contribution in [3.63, 3.8) is 0 Å². The van der Waals surface area contributed by atoms with Crippen LogP contribution in [0.1, 0.15) is 34.3 Å². The maximum absolute atomic E-state index is 12.7. The summed E-state index contributed by atoms with van der Waals surface area (Å²) in [6.45, 7) is 5.06. The molecule has 0 saturated carbocycles. The van der Waals surface area contributed by atoms with Crippen LogP contribution in [0.3, 0.4) is 0 Å². The summed E-state index contributed by atoms with van der Waals surface area (Å²) in [6.07, 6.45) is 1.60. The molecule has 3 rings (SSSR count). The van der Waals surface area contributed by atoms with Gasteiger partial charge in [-0.2, -0.15) is 0 Å². The molecule has 0 radical (unpaired) electrons. The van der Waals surface area contributed by atoms with E-state index in [1.165, 1.54) is 4.90 Å². The zero-order chi connectivity index (χ0) is 19.4. The van der Waals surface area contributed by atoms with E-state index < -0.39 is 5.63 Å². The van der Waals surface area contributed by atoms with E-state index in [4.69, 9.17) is 9.15 Å². The molecule has 0 aliphatic rings. The Morgan fingerprint density at radius 1 is 1.33 bits per heavy atom. The average molecular weight is 386 g/mol. The van der Waals surface area contributed by atoms with E-state index in [0.717, 1.165) is 17.0 Å². The van der Waals surface area contributed by atoms with Crippen LogP contribution in [0.2, 0.25) is 0 Å². The number of rotatable bonds is 7. The van der Waals surface area contributed by atoms with Crippen LogP contribution in [-0.2, 0) is 6.42 Å². The number of amides is 1. The molecule has 0 bridgehead atoms. The Hall–Kier alpha value is -2.67. The van der Waals surface area contributed by atoms with Gasteiger partial charge in [-0.05, 0) is 31.5 Å². The monoisotopic (exact) mass is 386 g/mol. The van der Waals surface area contributed by atoms with Gasteiger partial charge in [0.1, 0.15) is 16.9 Å². The van der Waals surface area contributed by atoms with Crippen molar-refractivity contribution >= 4 is 28.2 Å². The Kier molecular flexibility index (Phi) is 5.91. The molecule has 142 valence electrons. The van der Waals surface area contributed by atoms with Crippen LogP contribution in [0, 0.1) is 6.92 Å². The topological polar surface area (TPSA) is 72.6 Å². The first-order chi connectivity index (χ1) is 13.0. The second kappa shape index (κ2) is 8.35. The third-order valence-corrected chi connectivity index (χ3v) is 5.27. The SMILES string of the molecule is CCCOc1ccc2cc(C(=O)N(C)CCc3scnc3C)c(=O)oc2c1. The van der Waals surface area contributed by atoms with Crippen LogP contribution in [0.5, 0.6) is 5.75 Å². The third-order valence-electron chi connectivity index (χ3n) is 4.28. The van der Waals surface area contributed by atoms with E-state index in [-0.39, 0.29) is 11.5 Å². The van der Waals surface area contributed by atoms with Gasteiger partial charge in [0.25, 0.3) is 5.91 Å². The zero-order valence-corrected chi connectivity index (χ0v) is 16.5. The molecule has 6 nitrogen and oxygen atoms in total. The van der Waals surface area contributed by atoms with Crippen molar-refractivity contribution in [3.05, 3.63) is 56.3 Å². The summed E-state index contributed by atoms with van der Waals surface area (Å²) in [5.41, 5.74) is 2.58. The number of aryl methyl sites for hydroxylation is 1. The predicted molar refractivity (Wildman–Crippen MR) is 106 cm³/mol. The van der Waals surface area contributed by atoms with Crippen molar-refractivity contribution in [2.75, 3.05) is 20.2 Å². The summed E-state index contributed by atoms with van der Waals surface area (Å²) in [7, 11) is 1.68. The van der Waals surface area contributed by atoms with Gasteiger partial charge < -0.3 is 14.1 Å². The van der Waals surface area contributed by atoms with Gasteiger partial charge in [-0.1, -0.05) is 6.92 Å². The van der Waals surface area contributed by atoms with E-state index in [2.05, 4.69) is 4.98 Å². The summed E-state index contributed by atoms with van der Waals surface area (Å²) in [6, 6.07) is 6.86. The number of thiazole rings is 1. The number of carbonyl (C=O) groups is 1. The maximum atomic E-state index is 12.7. The molecule has 0 spiro atoms. The van der Waals surface area contributed by atoms with Gasteiger partial charge >= 0.3 is 5.63 Å². The number of ether oxygens (including phenoxy) is 1.